The number of ether oxygens (including phenoxy) is 1. The second-order valence-corrected chi connectivity index (χ2v) is 9.61. The van der Waals surface area contributed by atoms with Crippen molar-refractivity contribution in [1.82, 2.24) is 0 Å². The lowest BCUT2D eigenvalue weighted by Gasteiger charge is -2.57. The van der Waals surface area contributed by atoms with Gasteiger partial charge in [0.1, 0.15) is 0 Å². The minimum atomic E-state index is -0.726. The number of aliphatic hydroxyl groups is 1. The van der Waals surface area contributed by atoms with E-state index in [0.717, 1.165) is 37.5 Å². The zero-order valence-electron chi connectivity index (χ0n) is 15.4. The van der Waals surface area contributed by atoms with Crippen LogP contribution in [0.15, 0.2) is 23.8 Å². The number of carbonyl (C=O) groups excluding carboxylic acids is 1. The van der Waals surface area contributed by atoms with Crippen molar-refractivity contribution in [2.45, 2.75) is 70.7 Å². The summed E-state index contributed by atoms with van der Waals surface area (Å²) < 4.78 is 6.11. The maximum absolute atomic E-state index is 11.9. The van der Waals surface area contributed by atoms with Gasteiger partial charge in [-0.2, -0.15) is 0 Å². The van der Waals surface area contributed by atoms with Crippen LogP contribution in [0.2, 0.25) is 0 Å². The molecule has 0 aromatic heterocycles. The molecule has 5 rings (SSSR count). The Morgan fingerprint density at radius 1 is 1.24 bits per heavy atom. The van der Waals surface area contributed by atoms with E-state index in [0.29, 0.717) is 23.5 Å². The standard InChI is InChI=1S/C22H30O3/c1-13-11-14-12-15(23)3-4-16(14)17-5-8-21(2)18(20(13)17)6-9-22(21)10-7-19(24)25-22/h7,10,12-13,16-20,24H,3-6,8-9,11H2,1-2H3/t13-,16+,17?,18?,19?,20?,21+,22-/m1/s1. The fraction of sp³-hybridized carbons (Fsp3) is 0.773. The Labute approximate surface area is 150 Å². The Bertz CT molecular complexity index is 664. The van der Waals surface area contributed by atoms with E-state index in [-0.39, 0.29) is 11.0 Å². The molecule has 0 bridgehead atoms. The fourth-order valence-corrected chi connectivity index (χ4v) is 7.62. The SMILES string of the molecule is C[C@@H]1CC2=CC(=O)CC[C@@H]2C2CC[C@@]3(C)C(CC[C@@]34C=CC(O)O4)C21. The van der Waals surface area contributed by atoms with E-state index in [4.69, 9.17) is 4.74 Å². The van der Waals surface area contributed by atoms with Crippen molar-refractivity contribution < 1.29 is 14.6 Å². The smallest absolute Gasteiger partial charge is 0.175 e. The number of hydrogen-bond donors (Lipinski definition) is 1. The van der Waals surface area contributed by atoms with Gasteiger partial charge in [-0.3, -0.25) is 4.79 Å². The Morgan fingerprint density at radius 2 is 2.08 bits per heavy atom. The first-order valence-electron chi connectivity index (χ1n) is 10.2. The predicted molar refractivity (Wildman–Crippen MR) is 95.6 cm³/mol. The van der Waals surface area contributed by atoms with Crippen LogP contribution in [0.1, 0.15) is 58.8 Å². The molecule has 1 spiro atoms. The molecule has 3 saturated carbocycles. The highest BCUT2D eigenvalue weighted by Gasteiger charge is 2.64. The van der Waals surface area contributed by atoms with Gasteiger partial charge in [0.2, 0.25) is 0 Å². The van der Waals surface area contributed by atoms with Crippen LogP contribution in [-0.4, -0.2) is 22.8 Å². The number of rotatable bonds is 0. The van der Waals surface area contributed by atoms with Crippen LogP contribution in [0.5, 0.6) is 0 Å². The number of aliphatic hydroxyl groups excluding tert-OH is 1. The second kappa shape index (κ2) is 5.29. The summed E-state index contributed by atoms with van der Waals surface area (Å²) in [5.41, 5.74) is 1.34. The lowest BCUT2D eigenvalue weighted by atomic mass is 9.48. The molecule has 8 atom stereocenters. The molecule has 0 aromatic rings. The van der Waals surface area contributed by atoms with Gasteiger partial charge in [0.25, 0.3) is 0 Å². The summed E-state index contributed by atoms with van der Waals surface area (Å²) in [6.07, 6.45) is 12.9. The largest absolute Gasteiger partial charge is 0.365 e. The van der Waals surface area contributed by atoms with Gasteiger partial charge < -0.3 is 9.84 Å². The fourth-order valence-electron chi connectivity index (χ4n) is 7.62. The van der Waals surface area contributed by atoms with Crippen LogP contribution < -0.4 is 0 Å². The van der Waals surface area contributed by atoms with Crippen molar-refractivity contribution in [3.8, 4) is 0 Å². The van der Waals surface area contributed by atoms with Crippen LogP contribution in [0.25, 0.3) is 0 Å². The molecule has 1 heterocycles. The van der Waals surface area contributed by atoms with Crippen LogP contribution in [0.4, 0.5) is 0 Å². The van der Waals surface area contributed by atoms with Gasteiger partial charge in [-0.1, -0.05) is 25.5 Å². The Morgan fingerprint density at radius 3 is 2.84 bits per heavy atom. The van der Waals surface area contributed by atoms with E-state index < -0.39 is 6.29 Å². The molecule has 3 fully saturated rings. The Hall–Kier alpha value is -0.930. The minimum Gasteiger partial charge on any atom is -0.365 e. The third-order valence-electron chi connectivity index (χ3n) is 8.68. The van der Waals surface area contributed by atoms with E-state index in [2.05, 4.69) is 19.9 Å². The minimum absolute atomic E-state index is 0.141. The summed E-state index contributed by atoms with van der Waals surface area (Å²) in [4.78, 5) is 11.9. The second-order valence-electron chi connectivity index (χ2n) is 9.61. The lowest BCUT2D eigenvalue weighted by Crippen LogP contribution is -2.54. The summed E-state index contributed by atoms with van der Waals surface area (Å²) in [6.45, 7) is 4.83. The monoisotopic (exact) mass is 342 g/mol. The molecule has 1 aliphatic heterocycles. The average Bonchev–Trinajstić information content (AvgIpc) is 3.09. The van der Waals surface area contributed by atoms with Gasteiger partial charge >= 0.3 is 0 Å². The number of fused-ring (bicyclic) bond motifs is 6. The first-order valence-corrected chi connectivity index (χ1v) is 10.2. The van der Waals surface area contributed by atoms with Gasteiger partial charge in [0, 0.05) is 11.8 Å². The predicted octanol–water partition coefficient (Wildman–Crippen LogP) is 4.02. The van der Waals surface area contributed by atoms with E-state index in [1.54, 1.807) is 0 Å². The summed E-state index contributed by atoms with van der Waals surface area (Å²) in [7, 11) is 0. The van der Waals surface area contributed by atoms with Crippen molar-refractivity contribution >= 4 is 5.78 Å². The Kier molecular flexibility index (Phi) is 3.44. The highest BCUT2D eigenvalue weighted by atomic mass is 16.6. The van der Waals surface area contributed by atoms with Gasteiger partial charge in [-0.25, -0.2) is 0 Å². The summed E-state index contributed by atoms with van der Waals surface area (Å²) in [5, 5.41) is 9.97. The topological polar surface area (TPSA) is 46.5 Å². The zero-order chi connectivity index (χ0) is 17.4. The maximum atomic E-state index is 11.9. The van der Waals surface area contributed by atoms with Crippen LogP contribution in [0.3, 0.4) is 0 Å². The van der Waals surface area contributed by atoms with Crippen molar-refractivity contribution in [3.05, 3.63) is 23.8 Å². The molecule has 3 heteroatoms. The molecule has 4 aliphatic carbocycles. The molecular formula is C22H30O3. The van der Waals surface area contributed by atoms with E-state index in [1.165, 1.54) is 24.8 Å². The van der Waals surface area contributed by atoms with Crippen molar-refractivity contribution in [2.75, 3.05) is 0 Å². The summed E-state index contributed by atoms with van der Waals surface area (Å²) in [6, 6.07) is 0. The van der Waals surface area contributed by atoms with Gasteiger partial charge in [0.05, 0.1) is 5.60 Å². The lowest BCUT2D eigenvalue weighted by molar-refractivity contribution is -0.183. The Balaban J connectivity index is 1.49. The van der Waals surface area contributed by atoms with Gasteiger partial charge in [-0.15, -0.1) is 0 Å². The first-order chi connectivity index (χ1) is 11.9. The third-order valence-corrected chi connectivity index (χ3v) is 8.68. The zero-order valence-corrected chi connectivity index (χ0v) is 15.4. The molecule has 0 amide bonds. The summed E-state index contributed by atoms with van der Waals surface area (Å²) in [5.74, 6) is 3.79. The molecule has 25 heavy (non-hydrogen) atoms. The number of carbonyl (C=O) groups is 1. The first kappa shape index (κ1) is 16.3. The normalized spacial score (nSPS) is 54.2. The molecule has 3 nitrogen and oxygen atoms in total. The number of hydrogen-bond acceptors (Lipinski definition) is 3. The van der Waals surface area contributed by atoms with Crippen LogP contribution in [0, 0.1) is 35.0 Å². The highest BCUT2D eigenvalue weighted by molar-refractivity contribution is 5.91. The van der Waals surface area contributed by atoms with Gasteiger partial charge in [-0.05, 0) is 80.3 Å². The molecule has 0 saturated heterocycles. The van der Waals surface area contributed by atoms with Crippen LogP contribution >= 0.6 is 0 Å². The molecule has 136 valence electrons. The quantitative estimate of drug-likeness (QED) is 0.676. The van der Waals surface area contributed by atoms with E-state index in [1.807, 2.05) is 12.2 Å². The van der Waals surface area contributed by atoms with Gasteiger partial charge in [0.15, 0.2) is 12.1 Å². The maximum Gasteiger partial charge on any atom is 0.175 e. The molecule has 5 aliphatic rings. The number of ketones is 1. The van der Waals surface area contributed by atoms with E-state index in [9.17, 15) is 9.90 Å². The third kappa shape index (κ3) is 2.09. The molecule has 0 aromatic carbocycles. The average molecular weight is 342 g/mol. The summed E-state index contributed by atoms with van der Waals surface area (Å²) >= 11 is 0. The molecule has 0 radical (unpaired) electrons. The molecule has 1 N–H and O–H groups in total. The van der Waals surface area contributed by atoms with E-state index >= 15 is 0 Å². The van der Waals surface area contributed by atoms with Crippen molar-refractivity contribution in [3.63, 3.8) is 0 Å². The van der Waals surface area contributed by atoms with Crippen molar-refractivity contribution in [2.24, 2.45) is 35.0 Å². The number of allylic oxidation sites excluding steroid dienone is 1. The van der Waals surface area contributed by atoms with Crippen molar-refractivity contribution in [1.29, 1.82) is 0 Å². The molecular weight excluding hydrogens is 312 g/mol. The van der Waals surface area contributed by atoms with Crippen LogP contribution in [-0.2, 0) is 9.53 Å². The molecule has 4 unspecified atom stereocenters. The highest BCUT2D eigenvalue weighted by Crippen LogP contribution is 2.67.